The standard InChI is InChI=1S/C24H19N5O2/c30-21(15-29-24(31)18-11-5-4-10-17(18)14-25-29)28-22(16-8-2-1-3-9-16)23-26-19-12-6-7-13-20(19)27-23/h1-14,22H,15H2,(H,26,27)(H,28,30)/t22-/m1/s1. The van der Waals surface area contributed by atoms with Crippen molar-refractivity contribution in [1.82, 2.24) is 25.1 Å². The number of amides is 1. The highest BCUT2D eigenvalue weighted by Gasteiger charge is 2.21. The fraction of sp³-hybridized carbons (Fsp3) is 0.0833. The van der Waals surface area contributed by atoms with Gasteiger partial charge in [-0.25, -0.2) is 9.67 Å². The van der Waals surface area contributed by atoms with Crippen LogP contribution in [-0.4, -0.2) is 25.7 Å². The fourth-order valence-corrected chi connectivity index (χ4v) is 3.65. The Bertz CT molecular complexity index is 1410. The van der Waals surface area contributed by atoms with Gasteiger partial charge in [0.1, 0.15) is 18.4 Å². The molecule has 5 aromatic rings. The molecule has 3 aromatic carbocycles. The van der Waals surface area contributed by atoms with Crippen LogP contribution in [0.1, 0.15) is 17.4 Å². The van der Waals surface area contributed by atoms with Gasteiger partial charge >= 0.3 is 0 Å². The number of aromatic nitrogens is 4. The number of fused-ring (bicyclic) bond motifs is 2. The lowest BCUT2D eigenvalue weighted by atomic mass is 10.1. The van der Waals surface area contributed by atoms with Gasteiger partial charge in [0.15, 0.2) is 0 Å². The van der Waals surface area contributed by atoms with E-state index < -0.39 is 6.04 Å². The molecule has 7 nitrogen and oxygen atoms in total. The molecule has 31 heavy (non-hydrogen) atoms. The SMILES string of the molecule is O=C(Cn1ncc2ccccc2c1=O)N[C@H](c1ccccc1)c1nc2ccccc2[nH]1. The molecule has 0 aliphatic carbocycles. The predicted octanol–water partition coefficient (Wildman–Crippen LogP) is 3.18. The smallest absolute Gasteiger partial charge is 0.275 e. The van der Waals surface area contributed by atoms with Crippen LogP contribution in [0.4, 0.5) is 0 Å². The first kappa shape index (κ1) is 18.7. The summed E-state index contributed by atoms with van der Waals surface area (Å²) < 4.78 is 1.18. The van der Waals surface area contributed by atoms with E-state index in [1.165, 1.54) is 4.68 Å². The summed E-state index contributed by atoms with van der Waals surface area (Å²) in [7, 11) is 0. The van der Waals surface area contributed by atoms with Gasteiger partial charge in [-0.15, -0.1) is 0 Å². The third-order valence-electron chi connectivity index (χ3n) is 5.17. The zero-order valence-electron chi connectivity index (χ0n) is 16.5. The maximum absolute atomic E-state index is 12.9. The summed E-state index contributed by atoms with van der Waals surface area (Å²) in [5, 5.41) is 8.43. The molecule has 5 rings (SSSR count). The Morgan fingerprint density at radius 2 is 1.71 bits per heavy atom. The summed E-state index contributed by atoms with van der Waals surface area (Å²) in [6.45, 7) is -0.187. The van der Waals surface area contributed by atoms with E-state index >= 15 is 0 Å². The molecule has 0 aliphatic rings. The van der Waals surface area contributed by atoms with Crippen LogP contribution in [0.2, 0.25) is 0 Å². The van der Waals surface area contributed by atoms with Crippen LogP contribution in [-0.2, 0) is 11.3 Å². The van der Waals surface area contributed by atoms with Crippen molar-refractivity contribution in [1.29, 1.82) is 0 Å². The number of carbonyl (C=O) groups excluding carboxylic acids is 1. The highest BCUT2D eigenvalue weighted by atomic mass is 16.2. The average Bonchev–Trinajstić information content (AvgIpc) is 3.24. The van der Waals surface area contributed by atoms with Gasteiger partial charge in [-0.3, -0.25) is 9.59 Å². The van der Waals surface area contributed by atoms with Crippen molar-refractivity contribution < 1.29 is 4.79 Å². The van der Waals surface area contributed by atoms with Gasteiger partial charge < -0.3 is 10.3 Å². The minimum Gasteiger partial charge on any atom is -0.340 e. The maximum Gasteiger partial charge on any atom is 0.275 e. The van der Waals surface area contributed by atoms with Crippen LogP contribution in [0.5, 0.6) is 0 Å². The van der Waals surface area contributed by atoms with Crippen molar-refractivity contribution in [2.45, 2.75) is 12.6 Å². The zero-order chi connectivity index (χ0) is 21.2. The van der Waals surface area contributed by atoms with Crippen molar-refractivity contribution >= 4 is 27.7 Å². The van der Waals surface area contributed by atoms with Gasteiger partial charge in [-0.2, -0.15) is 5.10 Å². The van der Waals surface area contributed by atoms with Gasteiger partial charge in [0.05, 0.1) is 22.6 Å². The molecular weight excluding hydrogens is 390 g/mol. The quantitative estimate of drug-likeness (QED) is 0.466. The number of imidazole rings is 1. The molecular formula is C24H19N5O2. The molecule has 152 valence electrons. The molecule has 0 unspecified atom stereocenters. The van der Waals surface area contributed by atoms with Crippen molar-refractivity contribution in [3.8, 4) is 0 Å². The lowest BCUT2D eigenvalue weighted by molar-refractivity contribution is -0.122. The van der Waals surface area contributed by atoms with Crippen LogP contribution < -0.4 is 10.9 Å². The van der Waals surface area contributed by atoms with Crippen LogP contribution in [0.15, 0.2) is 89.9 Å². The summed E-state index contributed by atoms with van der Waals surface area (Å²) in [6, 6.07) is 24.0. The first-order valence-corrected chi connectivity index (χ1v) is 9.93. The highest BCUT2D eigenvalue weighted by molar-refractivity contribution is 5.81. The van der Waals surface area contributed by atoms with E-state index in [1.807, 2.05) is 66.7 Å². The molecule has 2 heterocycles. The molecule has 1 amide bonds. The molecule has 7 heteroatoms. The summed E-state index contributed by atoms with van der Waals surface area (Å²) in [5.41, 5.74) is 2.29. The van der Waals surface area contributed by atoms with E-state index in [2.05, 4.69) is 20.4 Å². The lowest BCUT2D eigenvalue weighted by Crippen LogP contribution is -2.36. The average molecular weight is 409 g/mol. The molecule has 2 N–H and O–H groups in total. The number of benzene rings is 3. The number of carbonyl (C=O) groups is 1. The van der Waals surface area contributed by atoms with Crippen molar-refractivity contribution in [2.24, 2.45) is 0 Å². The maximum atomic E-state index is 12.9. The number of H-pyrrole nitrogens is 1. The van der Waals surface area contributed by atoms with Crippen molar-refractivity contribution in [3.05, 3.63) is 107 Å². The molecule has 2 aromatic heterocycles. The summed E-state index contributed by atoms with van der Waals surface area (Å²) in [4.78, 5) is 33.6. The summed E-state index contributed by atoms with van der Waals surface area (Å²) in [6.07, 6.45) is 1.60. The molecule has 0 spiro atoms. The second kappa shape index (κ2) is 7.87. The van der Waals surface area contributed by atoms with Gasteiger partial charge in [0.25, 0.3) is 5.56 Å². The Hall–Kier alpha value is -4.26. The third-order valence-corrected chi connectivity index (χ3v) is 5.17. The minimum absolute atomic E-state index is 0.187. The third kappa shape index (κ3) is 3.69. The molecule has 0 saturated carbocycles. The van der Waals surface area contributed by atoms with Crippen LogP contribution in [0, 0.1) is 0 Å². The van der Waals surface area contributed by atoms with E-state index in [4.69, 9.17) is 0 Å². The molecule has 0 radical (unpaired) electrons. The van der Waals surface area contributed by atoms with E-state index in [-0.39, 0.29) is 18.0 Å². The van der Waals surface area contributed by atoms with Gasteiger partial charge in [-0.05, 0) is 23.8 Å². The second-order valence-corrected chi connectivity index (χ2v) is 7.25. The normalized spacial score (nSPS) is 12.1. The Labute approximate surface area is 177 Å². The Morgan fingerprint density at radius 1 is 0.968 bits per heavy atom. The highest BCUT2D eigenvalue weighted by Crippen LogP contribution is 2.22. The van der Waals surface area contributed by atoms with Crippen molar-refractivity contribution in [2.75, 3.05) is 0 Å². The van der Waals surface area contributed by atoms with E-state index in [1.54, 1.807) is 18.3 Å². The monoisotopic (exact) mass is 409 g/mol. The molecule has 0 bridgehead atoms. The minimum atomic E-state index is -0.489. The summed E-state index contributed by atoms with van der Waals surface area (Å²) >= 11 is 0. The molecule has 0 aliphatic heterocycles. The summed E-state index contributed by atoms with van der Waals surface area (Å²) in [5.74, 6) is 0.291. The van der Waals surface area contributed by atoms with E-state index in [0.717, 1.165) is 22.0 Å². The van der Waals surface area contributed by atoms with Crippen LogP contribution in [0.25, 0.3) is 21.8 Å². The number of nitrogens with zero attached hydrogens (tertiary/aromatic N) is 3. The predicted molar refractivity (Wildman–Crippen MR) is 119 cm³/mol. The molecule has 0 saturated heterocycles. The zero-order valence-corrected chi connectivity index (χ0v) is 16.5. The lowest BCUT2D eigenvalue weighted by Gasteiger charge is -2.17. The number of para-hydroxylation sites is 2. The largest absolute Gasteiger partial charge is 0.340 e. The van der Waals surface area contributed by atoms with Crippen LogP contribution >= 0.6 is 0 Å². The number of aromatic amines is 1. The molecule has 0 fully saturated rings. The fourth-order valence-electron chi connectivity index (χ4n) is 3.65. The Balaban J connectivity index is 1.46. The van der Waals surface area contributed by atoms with Gasteiger partial charge in [0, 0.05) is 5.39 Å². The Kier molecular flexibility index (Phi) is 4.76. The first-order chi connectivity index (χ1) is 15.2. The van der Waals surface area contributed by atoms with Gasteiger partial charge in [-0.1, -0.05) is 60.7 Å². The first-order valence-electron chi connectivity index (χ1n) is 9.93. The van der Waals surface area contributed by atoms with E-state index in [9.17, 15) is 9.59 Å². The number of rotatable bonds is 5. The second-order valence-electron chi connectivity index (χ2n) is 7.25. The van der Waals surface area contributed by atoms with Crippen molar-refractivity contribution in [3.63, 3.8) is 0 Å². The Morgan fingerprint density at radius 3 is 2.55 bits per heavy atom. The van der Waals surface area contributed by atoms with E-state index in [0.29, 0.717) is 11.2 Å². The number of hydrogen-bond acceptors (Lipinski definition) is 4. The van der Waals surface area contributed by atoms with Crippen LogP contribution in [0.3, 0.4) is 0 Å². The molecule has 1 atom stereocenters. The topological polar surface area (TPSA) is 92.7 Å². The van der Waals surface area contributed by atoms with Gasteiger partial charge in [0.2, 0.25) is 5.91 Å². The number of hydrogen-bond donors (Lipinski definition) is 2. The number of nitrogens with one attached hydrogen (secondary N) is 2.